The van der Waals surface area contributed by atoms with Crippen LogP contribution < -0.4 is 5.32 Å². The Morgan fingerprint density at radius 3 is 2.56 bits per heavy atom. The van der Waals surface area contributed by atoms with Crippen LogP contribution in [0.5, 0.6) is 0 Å². The summed E-state index contributed by atoms with van der Waals surface area (Å²) in [5.74, 6) is -0.232. The SMILES string of the molecule is CC(=O)N1CC(C(=O)N2CCNC(=O)C2)C1. The molecule has 2 fully saturated rings. The first-order chi connectivity index (χ1) is 7.58. The van der Waals surface area contributed by atoms with Crippen LogP contribution in [-0.2, 0) is 14.4 Å². The maximum Gasteiger partial charge on any atom is 0.239 e. The molecule has 2 aliphatic rings. The average Bonchev–Trinajstić information content (AvgIpc) is 2.14. The van der Waals surface area contributed by atoms with Crippen molar-refractivity contribution >= 4 is 17.7 Å². The van der Waals surface area contributed by atoms with Crippen LogP contribution >= 0.6 is 0 Å². The van der Waals surface area contributed by atoms with Gasteiger partial charge in [-0.3, -0.25) is 14.4 Å². The maximum atomic E-state index is 11.9. The predicted octanol–water partition coefficient (Wildman–Crippen LogP) is -1.58. The molecule has 0 aliphatic carbocycles. The number of hydrogen-bond donors (Lipinski definition) is 1. The average molecular weight is 225 g/mol. The van der Waals surface area contributed by atoms with Gasteiger partial charge < -0.3 is 15.1 Å². The van der Waals surface area contributed by atoms with Crippen LogP contribution in [0.4, 0.5) is 0 Å². The summed E-state index contributed by atoms with van der Waals surface area (Å²) in [4.78, 5) is 37.2. The molecule has 2 aliphatic heterocycles. The molecule has 3 amide bonds. The van der Waals surface area contributed by atoms with E-state index in [0.717, 1.165) is 0 Å². The molecular formula is C10H15N3O3. The fourth-order valence-corrected chi connectivity index (χ4v) is 1.98. The van der Waals surface area contributed by atoms with Gasteiger partial charge in [0.2, 0.25) is 17.7 Å². The van der Waals surface area contributed by atoms with Crippen molar-refractivity contribution in [3.63, 3.8) is 0 Å². The molecule has 2 saturated heterocycles. The molecule has 0 radical (unpaired) electrons. The third-order valence-electron chi connectivity index (χ3n) is 3.03. The number of hydrogen-bond acceptors (Lipinski definition) is 3. The Morgan fingerprint density at radius 2 is 2.00 bits per heavy atom. The van der Waals surface area contributed by atoms with Crippen LogP contribution in [0.2, 0.25) is 0 Å². The van der Waals surface area contributed by atoms with Crippen LogP contribution in [0.15, 0.2) is 0 Å². The molecule has 16 heavy (non-hydrogen) atoms. The van der Waals surface area contributed by atoms with Gasteiger partial charge in [-0.15, -0.1) is 0 Å². The van der Waals surface area contributed by atoms with Gasteiger partial charge in [0.1, 0.15) is 0 Å². The number of nitrogens with one attached hydrogen (secondary N) is 1. The standard InChI is InChI=1S/C10H15N3O3/c1-7(14)13-4-8(5-13)10(16)12-3-2-11-9(15)6-12/h8H,2-6H2,1H3,(H,11,15). The van der Waals surface area contributed by atoms with Crippen LogP contribution in [0.1, 0.15) is 6.92 Å². The molecule has 0 atom stereocenters. The first-order valence-corrected chi connectivity index (χ1v) is 5.39. The van der Waals surface area contributed by atoms with Gasteiger partial charge in [-0.05, 0) is 0 Å². The minimum absolute atomic E-state index is 0.000405. The molecule has 6 heteroatoms. The van der Waals surface area contributed by atoms with Crippen molar-refractivity contribution < 1.29 is 14.4 Å². The first kappa shape index (κ1) is 10.9. The molecule has 2 rings (SSSR count). The number of nitrogens with zero attached hydrogens (tertiary/aromatic N) is 2. The highest BCUT2D eigenvalue weighted by Gasteiger charge is 2.37. The van der Waals surface area contributed by atoms with E-state index in [0.29, 0.717) is 26.2 Å². The predicted molar refractivity (Wildman–Crippen MR) is 55.3 cm³/mol. The quantitative estimate of drug-likeness (QED) is 0.585. The lowest BCUT2D eigenvalue weighted by molar-refractivity contribution is -0.150. The lowest BCUT2D eigenvalue weighted by Gasteiger charge is -2.40. The molecule has 2 heterocycles. The van der Waals surface area contributed by atoms with Gasteiger partial charge in [-0.1, -0.05) is 0 Å². The van der Waals surface area contributed by atoms with E-state index in [4.69, 9.17) is 0 Å². The Hall–Kier alpha value is -1.59. The van der Waals surface area contributed by atoms with Crippen molar-refractivity contribution in [2.75, 3.05) is 32.7 Å². The summed E-state index contributed by atoms with van der Waals surface area (Å²) >= 11 is 0. The van der Waals surface area contributed by atoms with E-state index < -0.39 is 0 Å². The molecule has 0 unspecified atom stereocenters. The van der Waals surface area contributed by atoms with Crippen LogP contribution in [0.3, 0.4) is 0 Å². The highest BCUT2D eigenvalue weighted by molar-refractivity contribution is 5.88. The highest BCUT2D eigenvalue weighted by atomic mass is 16.2. The molecule has 0 aromatic rings. The Bertz CT molecular complexity index is 336. The number of carbonyl (C=O) groups is 3. The van der Waals surface area contributed by atoms with Crippen molar-refractivity contribution in [2.24, 2.45) is 5.92 Å². The molecule has 0 aromatic heterocycles. The van der Waals surface area contributed by atoms with Gasteiger partial charge in [0, 0.05) is 33.1 Å². The number of amides is 3. The summed E-state index contributed by atoms with van der Waals surface area (Å²) in [5, 5.41) is 2.67. The van der Waals surface area contributed by atoms with E-state index in [1.165, 1.54) is 6.92 Å². The fourth-order valence-electron chi connectivity index (χ4n) is 1.98. The summed E-state index contributed by atoms with van der Waals surface area (Å²) in [6.45, 7) is 3.72. The molecule has 88 valence electrons. The highest BCUT2D eigenvalue weighted by Crippen LogP contribution is 2.18. The molecule has 0 aromatic carbocycles. The zero-order valence-corrected chi connectivity index (χ0v) is 9.23. The largest absolute Gasteiger partial charge is 0.353 e. The number of carbonyl (C=O) groups excluding carboxylic acids is 3. The minimum atomic E-state index is -0.116. The topological polar surface area (TPSA) is 69.7 Å². The zero-order chi connectivity index (χ0) is 11.7. The first-order valence-electron chi connectivity index (χ1n) is 5.39. The van der Waals surface area contributed by atoms with Crippen molar-refractivity contribution in [1.82, 2.24) is 15.1 Å². The Kier molecular flexibility index (Phi) is 2.80. The Balaban J connectivity index is 1.85. The summed E-state index contributed by atoms with van der Waals surface area (Å²) in [6.07, 6.45) is 0. The lowest BCUT2D eigenvalue weighted by atomic mass is 9.98. The summed E-state index contributed by atoms with van der Waals surface area (Å²) < 4.78 is 0. The minimum Gasteiger partial charge on any atom is -0.353 e. The summed E-state index contributed by atoms with van der Waals surface area (Å²) in [7, 11) is 0. The molecule has 1 N–H and O–H groups in total. The smallest absolute Gasteiger partial charge is 0.239 e. The van der Waals surface area contributed by atoms with Gasteiger partial charge in [-0.25, -0.2) is 0 Å². The van der Waals surface area contributed by atoms with Crippen molar-refractivity contribution in [2.45, 2.75) is 6.92 Å². The number of piperazine rings is 1. The van der Waals surface area contributed by atoms with Gasteiger partial charge in [0.25, 0.3) is 0 Å². The van der Waals surface area contributed by atoms with E-state index in [1.807, 2.05) is 0 Å². The van der Waals surface area contributed by atoms with Crippen LogP contribution in [0.25, 0.3) is 0 Å². The van der Waals surface area contributed by atoms with Gasteiger partial charge in [0.05, 0.1) is 12.5 Å². The molecule has 0 spiro atoms. The van der Waals surface area contributed by atoms with Gasteiger partial charge in [0.15, 0.2) is 0 Å². The number of likely N-dealkylation sites (tertiary alicyclic amines) is 1. The fraction of sp³-hybridized carbons (Fsp3) is 0.700. The van der Waals surface area contributed by atoms with E-state index in [9.17, 15) is 14.4 Å². The summed E-state index contributed by atoms with van der Waals surface area (Å²) in [5.41, 5.74) is 0. The second-order valence-electron chi connectivity index (χ2n) is 4.23. The normalized spacial score (nSPS) is 21.4. The summed E-state index contributed by atoms with van der Waals surface area (Å²) in [6, 6.07) is 0. The van der Waals surface area contributed by atoms with E-state index in [-0.39, 0.29) is 30.2 Å². The van der Waals surface area contributed by atoms with Crippen molar-refractivity contribution in [3.8, 4) is 0 Å². The van der Waals surface area contributed by atoms with Crippen LogP contribution in [-0.4, -0.2) is 60.2 Å². The Labute approximate surface area is 93.6 Å². The third kappa shape index (κ3) is 2.00. The Morgan fingerprint density at radius 1 is 1.31 bits per heavy atom. The van der Waals surface area contributed by atoms with E-state index in [1.54, 1.807) is 9.80 Å². The third-order valence-corrected chi connectivity index (χ3v) is 3.03. The molecule has 0 bridgehead atoms. The van der Waals surface area contributed by atoms with E-state index in [2.05, 4.69) is 5.32 Å². The second-order valence-corrected chi connectivity index (χ2v) is 4.23. The van der Waals surface area contributed by atoms with Crippen molar-refractivity contribution in [1.29, 1.82) is 0 Å². The van der Waals surface area contributed by atoms with Crippen LogP contribution in [0, 0.1) is 5.92 Å². The molecule has 0 saturated carbocycles. The van der Waals surface area contributed by atoms with Gasteiger partial charge in [-0.2, -0.15) is 0 Å². The number of rotatable bonds is 1. The zero-order valence-electron chi connectivity index (χ0n) is 9.23. The lowest BCUT2D eigenvalue weighted by Crippen LogP contribution is -2.59. The van der Waals surface area contributed by atoms with Crippen molar-refractivity contribution in [3.05, 3.63) is 0 Å². The molecule has 6 nitrogen and oxygen atoms in total. The van der Waals surface area contributed by atoms with E-state index >= 15 is 0 Å². The second kappa shape index (κ2) is 4.11. The maximum absolute atomic E-state index is 11.9. The van der Waals surface area contributed by atoms with Gasteiger partial charge >= 0.3 is 0 Å². The monoisotopic (exact) mass is 225 g/mol. The molecular weight excluding hydrogens is 210 g/mol.